The highest BCUT2D eigenvalue weighted by Crippen LogP contribution is 2.44. The molecule has 0 amide bonds. The predicted molar refractivity (Wildman–Crippen MR) is 84.5 cm³/mol. The summed E-state index contributed by atoms with van der Waals surface area (Å²) in [4.78, 5) is 0. The van der Waals surface area contributed by atoms with Crippen molar-refractivity contribution >= 4 is 15.9 Å². The maximum atomic E-state index is 14.9. The predicted octanol–water partition coefficient (Wildman–Crippen LogP) is 7.59. The van der Waals surface area contributed by atoms with Crippen LogP contribution in [0.15, 0.2) is 4.47 Å². The molecule has 0 aliphatic rings. The lowest BCUT2D eigenvalue weighted by Gasteiger charge is -2.17. The molecule has 0 atom stereocenters. The normalized spacial score (nSPS) is 11.4. The Balaban J connectivity index is 2.59. The maximum Gasteiger partial charge on any atom is 0.200 e. The molecule has 3 aromatic rings. The first-order valence-electron chi connectivity index (χ1n) is 7.65. The van der Waals surface area contributed by atoms with Crippen LogP contribution in [0, 0.1) is 75.6 Å². The van der Waals surface area contributed by atoms with Crippen molar-refractivity contribution in [2.45, 2.75) is 0 Å². The molecule has 0 N–H and O–H groups in total. The van der Waals surface area contributed by atoms with Gasteiger partial charge in [-0.1, -0.05) is 0 Å². The molecule has 14 heteroatoms. The summed E-state index contributed by atoms with van der Waals surface area (Å²) in [5.74, 6) is -35.0. The molecule has 0 fully saturated rings. The molecule has 0 aliphatic heterocycles. The van der Waals surface area contributed by atoms with Crippen molar-refractivity contribution in [1.29, 1.82) is 0 Å². The Kier molecular flexibility index (Phi) is 5.95. The zero-order valence-electron chi connectivity index (χ0n) is 14.3. The summed E-state index contributed by atoms with van der Waals surface area (Å²) in [6.45, 7) is 0. The summed E-state index contributed by atoms with van der Waals surface area (Å²) < 4.78 is 179. The number of rotatable bonds is 2. The lowest BCUT2D eigenvalue weighted by molar-refractivity contribution is 0.379. The van der Waals surface area contributed by atoms with Crippen LogP contribution in [0.5, 0.6) is 0 Å². The Hall–Kier alpha value is -2.77. The lowest BCUT2D eigenvalue weighted by atomic mass is 9.94. The number of hydrogen-bond acceptors (Lipinski definition) is 0. The smallest absolute Gasteiger partial charge is 0.200 e. The van der Waals surface area contributed by atoms with Gasteiger partial charge >= 0.3 is 0 Å². The highest BCUT2D eigenvalue weighted by atomic mass is 79.9. The van der Waals surface area contributed by atoms with E-state index in [1.165, 1.54) is 0 Å². The van der Waals surface area contributed by atoms with E-state index in [1.54, 1.807) is 0 Å². The van der Waals surface area contributed by atoms with Crippen LogP contribution < -0.4 is 0 Å². The molecular formula is C18BrF13. The summed E-state index contributed by atoms with van der Waals surface area (Å²) in [5, 5.41) is 0. The van der Waals surface area contributed by atoms with Crippen LogP contribution in [0.3, 0.4) is 0 Å². The van der Waals surface area contributed by atoms with Crippen molar-refractivity contribution in [3.63, 3.8) is 0 Å². The molecule has 0 aliphatic carbocycles. The van der Waals surface area contributed by atoms with Crippen LogP contribution in [0.4, 0.5) is 57.1 Å². The molecule has 32 heavy (non-hydrogen) atoms. The van der Waals surface area contributed by atoms with E-state index in [0.29, 0.717) is 0 Å². The van der Waals surface area contributed by atoms with Crippen LogP contribution in [-0.4, -0.2) is 0 Å². The minimum atomic E-state index is -2.78. The van der Waals surface area contributed by atoms with E-state index in [2.05, 4.69) is 15.9 Å². The Bertz CT molecular complexity index is 1160. The zero-order chi connectivity index (χ0) is 24.4. The van der Waals surface area contributed by atoms with Gasteiger partial charge in [0.2, 0.25) is 11.6 Å². The lowest BCUT2D eigenvalue weighted by Crippen LogP contribution is -2.11. The summed E-state index contributed by atoms with van der Waals surface area (Å²) in [6.07, 6.45) is 0. The molecule has 0 saturated heterocycles. The summed E-state index contributed by atoms with van der Waals surface area (Å²) in [6, 6.07) is 0. The third-order valence-electron chi connectivity index (χ3n) is 4.18. The van der Waals surface area contributed by atoms with Gasteiger partial charge in [0.05, 0.1) is 26.7 Å². The summed E-state index contributed by atoms with van der Waals surface area (Å²) >= 11 is 2.08. The molecule has 0 saturated carbocycles. The van der Waals surface area contributed by atoms with Crippen molar-refractivity contribution in [3.05, 3.63) is 80.1 Å². The van der Waals surface area contributed by atoms with Crippen LogP contribution in [0.2, 0.25) is 0 Å². The second kappa shape index (κ2) is 7.98. The van der Waals surface area contributed by atoms with E-state index in [1.807, 2.05) is 0 Å². The first-order valence-corrected chi connectivity index (χ1v) is 8.44. The van der Waals surface area contributed by atoms with Crippen molar-refractivity contribution in [2.75, 3.05) is 0 Å². The summed E-state index contributed by atoms with van der Waals surface area (Å²) in [7, 11) is 0. The molecule has 0 nitrogen and oxygen atoms in total. The van der Waals surface area contributed by atoms with Gasteiger partial charge in [-0.25, -0.2) is 57.1 Å². The number of benzene rings is 3. The SMILES string of the molecule is Fc1c(F)c(F)c(-c2c(F)c(Br)c(F)c(-c3c(F)c(F)c(F)c(F)c3F)c2F)c(F)c1F. The Morgan fingerprint density at radius 3 is 0.688 bits per heavy atom. The molecule has 0 radical (unpaired) electrons. The maximum absolute atomic E-state index is 14.9. The highest BCUT2D eigenvalue weighted by molar-refractivity contribution is 9.10. The Morgan fingerprint density at radius 2 is 0.438 bits per heavy atom. The van der Waals surface area contributed by atoms with Gasteiger partial charge in [0, 0.05) is 0 Å². The quantitative estimate of drug-likeness (QED) is 0.178. The third kappa shape index (κ3) is 3.14. The van der Waals surface area contributed by atoms with Crippen LogP contribution in [-0.2, 0) is 0 Å². The van der Waals surface area contributed by atoms with Crippen LogP contribution in [0.25, 0.3) is 22.3 Å². The van der Waals surface area contributed by atoms with Crippen LogP contribution >= 0.6 is 15.9 Å². The molecule has 3 rings (SSSR count). The van der Waals surface area contributed by atoms with Crippen molar-refractivity contribution in [1.82, 2.24) is 0 Å². The molecule has 3 aromatic carbocycles. The van der Waals surface area contributed by atoms with E-state index < -0.39 is 102 Å². The van der Waals surface area contributed by atoms with E-state index in [-0.39, 0.29) is 0 Å². The minimum absolute atomic E-state index is 1.68. The fraction of sp³-hybridized carbons (Fsp3) is 0. The average molecular weight is 543 g/mol. The molecular weight excluding hydrogens is 543 g/mol. The standard InChI is InChI=1S/C18BrF13/c19-5-7(21)1(3-9(23)13(27)17(31)14(28)10(3)24)6(20)2(8(5)22)4-11(25)15(29)18(32)16(30)12(4)26. The van der Waals surface area contributed by atoms with E-state index >= 15 is 0 Å². The van der Waals surface area contributed by atoms with E-state index in [0.717, 1.165) is 0 Å². The average Bonchev–Trinajstić information content (AvgIpc) is 2.76. The van der Waals surface area contributed by atoms with Crippen LogP contribution in [0.1, 0.15) is 0 Å². The molecule has 0 aromatic heterocycles. The van der Waals surface area contributed by atoms with E-state index in [9.17, 15) is 57.1 Å². The topological polar surface area (TPSA) is 0 Å². The van der Waals surface area contributed by atoms with Gasteiger partial charge in [-0.2, -0.15) is 0 Å². The zero-order valence-corrected chi connectivity index (χ0v) is 15.9. The first-order chi connectivity index (χ1) is 14.7. The number of hydrogen-bond donors (Lipinski definition) is 0. The molecule has 0 spiro atoms. The Labute approximate surface area is 176 Å². The van der Waals surface area contributed by atoms with Gasteiger partial charge < -0.3 is 0 Å². The van der Waals surface area contributed by atoms with Gasteiger partial charge in [-0.3, -0.25) is 0 Å². The molecule has 0 bridgehead atoms. The molecule has 0 unspecified atom stereocenters. The monoisotopic (exact) mass is 542 g/mol. The molecule has 170 valence electrons. The fourth-order valence-corrected chi connectivity index (χ4v) is 3.12. The number of halogens is 14. The second-order valence-electron chi connectivity index (χ2n) is 5.90. The van der Waals surface area contributed by atoms with Crippen molar-refractivity contribution in [2.24, 2.45) is 0 Å². The summed E-state index contributed by atoms with van der Waals surface area (Å²) in [5.41, 5.74) is -9.15. The fourth-order valence-electron chi connectivity index (χ4n) is 2.72. The van der Waals surface area contributed by atoms with Crippen molar-refractivity contribution < 1.29 is 57.1 Å². The Morgan fingerprint density at radius 1 is 0.250 bits per heavy atom. The van der Waals surface area contributed by atoms with Gasteiger partial charge in [-0.05, 0) is 15.9 Å². The second-order valence-corrected chi connectivity index (χ2v) is 6.69. The highest BCUT2D eigenvalue weighted by Gasteiger charge is 2.37. The van der Waals surface area contributed by atoms with Gasteiger partial charge in [0.25, 0.3) is 0 Å². The molecule has 0 heterocycles. The van der Waals surface area contributed by atoms with Crippen molar-refractivity contribution in [3.8, 4) is 22.3 Å². The van der Waals surface area contributed by atoms with Gasteiger partial charge in [-0.15, -0.1) is 0 Å². The third-order valence-corrected chi connectivity index (χ3v) is 4.88. The minimum Gasteiger partial charge on any atom is -0.205 e. The van der Waals surface area contributed by atoms with E-state index in [4.69, 9.17) is 0 Å². The largest absolute Gasteiger partial charge is 0.205 e. The first kappa shape index (κ1) is 23.9. The van der Waals surface area contributed by atoms with Gasteiger partial charge in [0.15, 0.2) is 58.2 Å². The van der Waals surface area contributed by atoms with Gasteiger partial charge in [0.1, 0.15) is 5.82 Å².